The van der Waals surface area contributed by atoms with Gasteiger partial charge >= 0.3 is 6.18 Å². The molecular formula is C21H19F3N6O5S. The average molecular weight is 524 g/mol. The van der Waals surface area contributed by atoms with Gasteiger partial charge in [-0.15, -0.1) is 10.2 Å². The lowest BCUT2D eigenvalue weighted by Gasteiger charge is -2.31. The summed E-state index contributed by atoms with van der Waals surface area (Å²) in [4.78, 5) is 17.6. The Morgan fingerprint density at radius 1 is 1.14 bits per heavy atom. The molecule has 0 radical (unpaired) electrons. The van der Waals surface area contributed by atoms with Gasteiger partial charge in [-0.3, -0.25) is 9.89 Å². The van der Waals surface area contributed by atoms with Crippen LogP contribution in [-0.2, 0) is 20.9 Å². The van der Waals surface area contributed by atoms with Crippen molar-refractivity contribution < 1.29 is 30.7 Å². The summed E-state index contributed by atoms with van der Waals surface area (Å²) in [5, 5.41) is 9.87. The molecule has 0 amide bonds. The number of H-pyrrole nitrogens is 1. The monoisotopic (exact) mass is 524 g/mol. The van der Waals surface area contributed by atoms with E-state index in [4.69, 9.17) is 9.15 Å². The van der Waals surface area contributed by atoms with Crippen LogP contribution < -0.4 is 5.56 Å². The molecular weight excluding hydrogens is 505 g/mol. The molecule has 0 aliphatic carbocycles. The molecule has 1 aliphatic rings. The molecule has 4 heterocycles. The Kier molecular flexibility index (Phi) is 5.72. The molecule has 0 bridgehead atoms. The number of nitrogens with one attached hydrogen (secondary N) is 1. The molecule has 1 saturated heterocycles. The van der Waals surface area contributed by atoms with Crippen molar-refractivity contribution in [2.24, 2.45) is 0 Å². The number of ether oxygens (including phenoxy) is 1. The summed E-state index contributed by atoms with van der Waals surface area (Å²) in [6.45, 7) is 1.64. The van der Waals surface area contributed by atoms with Gasteiger partial charge in [0.1, 0.15) is 17.3 Å². The van der Waals surface area contributed by atoms with Gasteiger partial charge in [0.25, 0.3) is 11.4 Å². The third kappa shape index (κ3) is 4.08. The predicted octanol–water partition coefficient (Wildman–Crippen LogP) is 2.40. The summed E-state index contributed by atoms with van der Waals surface area (Å²) in [7, 11) is -3.63. The summed E-state index contributed by atoms with van der Waals surface area (Å²) in [5.41, 5.74) is -2.46. The maximum absolute atomic E-state index is 13.9. The first-order valence-corrected chi connectivity index (χ1v) is 12.5. The molecule has 1 N–H and O–H groups in total. The lowest BCUT2D eigenvalue weighted by molar-refractivity contribution is -0.140. The topological polar surface area (TPSA) is 136 Å². The number of sulfonamides is 1. The van der Waals surface area contributed by atoms with Crippen LogP contribution in [-0.4, -0.2) is 63.5 Å². The Morgan fingerprint density at radius 3 is 2.53 bits per heavy atom. The van der Waals surface area contributed by atoms with Crippen LogP contribution in [0, 0.1) is 6.92 Å². The van der Waals surface area contributed by atoms with Gasteiger partial charge in [0, 0.05) is 6.54 Å². The Balaban J connectivity index is 1.66. The third-order valence-corrected chi connectivity index (χ3v) is 7.04. The van der Waals surface area contributed by atoms with Crippen molar-refractivity contribution in [3.05, 3.63) is 58.0 Å². The Bertz CT molecular complexity index is 1610. The van der Waals surface area contributed by atoms with E-state index in [2.05, 4.69) is 20.3 Å². The number of halogens is 3. The highest BCUT2D eigenvalue weighted by Gasteiger charge is 2.39. The van der Waals surface area contributed by atoms with Crippen LogP contribution in [0.2, 0.25) is 0 Å². The number of nitrogens with zero attached hydrogens (tertiary/aromatic N) is 5. The molecule has 1 fully saturated rings. The summed E-state index contributed by atoms with van der Waals surface area (Å²) < 4.78 is 78.8. The van der Waals surface area contributed by atoms with Crippen LogP contribution in [0.1, 0.15) is 23.3 Å². The van der Waals surface area contributed by atoms with E-state index in [-0.39, 0.29) is 59.6 Å². The van der Waals surface area contributed by atoms with Crippen LogP contribution in [0.4, 0.5) is 13.2 Å². The smallest absolute Gasteiger partial charge is 0.419 e. The molecule has 15 heteroatoms. The maximum Gasteiger partial charge on any atom is 0.433 e. The standard InChI is InChI=1S/C21H19F3N6O5S/c1-11-14(19-27-26-18(35-19)13-10-34-9-8-29(13)36(2,32)33)20(31)30-17(25-11)15(12-6-4-3-5-7-12)16(28-30)21(22,23)24/h3-7,13,28H,8-10H2,1-2H3. The second-order valence-electron chi connectivity index (χ2n) is 8.17. The summed E-state index contributed by atoms with van der Waals surface area (Å²) in [6.07, 6.45) is -3.77. The highest BCUT2D eigenvalue weighted by Crippen LogP contribution is 2.38. The number of rotatable bonds is 4. The molecule has 1 aromatic carbocycles. The number of aryl methyl sites for hydroxylation is 1. The molecule has 0 spiro atoms. The van der Waals surface area contributed by atoms with E-state index in [1.807, 2.05) is 0 Å². The first kappa shape index (κ1) is 24.1. The molecule has 11 nitrogen and oxygen atoms in total. The number of hydrogen-bond donors (Lipinski definition) is 1. The first-order chi connectivity index (χ1) is 17.0. The van der Waals surface area contributed by atoms with Crippen LogP contribution >= 0.6 is 0 Å². The summed E-state index contributed by atoms with van der Waals surface area (Å²) in [5.74, 6) is -0.427. The zero-order valence-electron chi connectivity index (χ0n) is 18.9. The van der Waals surface area contributed by atoms with Gasteiger partial charge < -0.3 is 9.15 Å². The van der Waals surface area contributed by atoms with Gasteiger partial charge in [-0.2, -0.15) is 22.0 Å². The van der Waals surface area contributed by atoms with Crippen LogP contribution in [0.25, 0.3) is 28.2 Å². The molecule has 190 valence electrons. The van der Waals surface area contributed by atoms with E-state index >= 15 is 0 Å². The number of aromatic amines is 1. The van der Waals surface area contributed by atoms with Crippen molar-refractivity contribution in [1.82, 2.24) is 29.1 Å². The van der Waals surface area contributed by atoms with Crippen molar-refractivity contribution in [2.75, 3.05) is 26.0 Å². The van der Waals surface area contributed by atoms with Crippen molar-refractivity contribution in [2.45, 2.75) is 19.1 Å². The highest BCUT2D eigenvalue weighted by molar-refractivity contribution is 7.88. The van der Waals surface area contributed by atoms with E-state index < -0.39 is 33.5 Å². The molecule has 1 aliphatic heterocycles. The van der Waals surface area contributed by atoms with Crippen LogP contribution in [0.15, 0.2) is 39.5 Å². The fraction of sp³-hybridized carbons (Fsp3) is 0.333. The van der Waals surface area contributed by atoms with Crippen molar-refractivity contribution >= 4 is 15.7 Å². The highest BCUT2D eigenvalue weighted by atomic mass is 32.2. The minimum atomic E-state index is -4.80. The number of hydrogen-bond acceptors (Lipinski definition) is 8. The zero-order chi connectivity index (χ0) is 25.8. The van der Waals surface area contributed by atoms with Crippen molar-refractivity contribution in [3.63, 3.8) is 0 Å². The largest absolute Gasteiger partial charge is 0.433 e. The predicted molar refractivity (Wildman–Crippen MR) is 119 cm³/mol. The molecule has 1 atom stereocenters. The molecule has 1 unspecified atom stereocenters. The molecule has 3 aromatic heterocycles. The van der Waals surface area contributed by atoms with Gasteiger partial charge in [-0.05, 0) is 12.5 Å². The molecule has 36 heavy (non-hydrogen) atoms. The number of fused-ring (bicyclic) bond motifs is 1. The second-order valence-corrected chi connectivity index (χ2v) is 10.1. The Hall–Kier alpha value is -3.56. The van der Waals surface area contributed by atoms with E-state index in [1.54, 1.807) is 18.2 Å². The van der Waals surface area contributed by atoms with E-state index in [9.17, 15) is 26.4 Å². The fourth-order valence-electron chi connectivity index (χ4n) is 4.16. The quantitative estimate of drug-likeness (QED) is 0.430. The lowest BCUT2D eigenvalue weighted by atomic mass is 10.1. The van der Waals surface area contributed by atoms with Crippen molar-refractivity contribution in [3.8, 4) is 22.6 Å². The molecule has 0 saturated carbocycles. The lowest BCUT2D eigenvalue weighted by Crippen LogP contribution is -2.42. The fourth-order valence-corrected chi connectivity index (χ4v) is 5.18. The normalized spacial score (nSPS) is 17.6. The van der Waals surface area contributed by atoms with Gasteiger partial charge in [0.15, 0.2) is 5.65 Å². The summed E-state index contributed by atoms with van der Waals surface area (Å²) in [6, 6.07) is 6.86. The van der Waals surface area contributed by atoms with Crippen LogP contribution in [0.5, 0.6) is 0 Å². The number of alkyl halides is 3. The van der Waals surface area contributed by atoms with Gasteiger partial charge in [-0.1, -0.05) is 30.3 Å². The number of morpholine rings is 1. The summed E-state index contributed by atoms with van der Waals surface area (Å²) >= 11 is 0. The van der Waals surface area contributed by atoms with E-state index in [0.29, 0.717) is 4.52 Å². The third-order valence-electron chi connectivity index (χ3n) is 5.75. The Labute approximate surface area is 201 Å². The van der Waals surface area contributed by atoms with Gasteiger partial charge in [-0.25, -0.2) is 13.4 Å². The maximum atomic E-state index is 13.9. The number of aromatic nitrogens is 5. The minimum Gasteiger partial charge on any atom is -0.419 e. The van der Waals surface area contributed by atoms with Crippen molar-refractivity contribution in [1.29, 1.82) is 0 Å². The number of benzene rings is 1. The molecule has 4 aromatic rings. The average Bonchev–Trinajstić information content (AvgIpc) is 3.44. The zero-order valence-corrected chi connectivity index (χ0v) is 19.7. The first-order valence-electron chi connectivity index (χ1n) is 10.6. The van der Waals surface area contributed by atoms with E-state index in [1.165, 1.54) is 19.1 Å². The van der Waals surface area contributed by atoms with Gasteiger partial charge in [0.05, 0.1) is 30.7 Å². The van der Waals surface area contributed by atoms with Crippen LogP contribution in [0.3, 0.4) is 0 Å². The minimum absolute atomic E-state index is 0.0457. The van der Waals surface area contributed by atoms with E-state index in [0.717, 1.165) is 10.6 Å². The second kappa shape index (κ2) is 8.53. The Morgan fingerprint density at radius 2 is 1.86 bits per heavy atom. The van der Waals surface area contributed by atoms with Gasteiger partial charge in [0.2, 0.25) is 15.9 Å². The molecule has 5 rings (SSSR count). The SMILES string of the molecule is Cc1nc2c(-c3ccccc3)c(C(F)(F)F)[nH]n2c(=O)c1-c1nnc(C2COCCN2S(C)(=O)=O)o1.